The number of aliphatic hydroxyl groups excluding tert-OH is 1. The van der Waals surface area contributed by atoms with Crippen LogP contribution in [0, 0.1) is 11.3 Å². The Labute approximate surface area is 304 Å². The summed E-state index contributed by atoms with van der Waals surface area (Å²) in [7, 11) is -4.27. The molecule has 16 heteroatoms. The van der Waals surface area contributed by atoms with E-state index in [2.05, 4.69) is 5.32 Å². The van der Waals surface area contributed by atoms with Gasteiger partial charge < -0.3 is 44.0 Å². The van der Waals surface area contributed by atoms with Gasteiger partial charge in [-0.1, -0.05) is 44.2 Å². The fourth-order valence-electron chi connectivity index (χ4n) is 7.41. The molecule has 286 valence electrons. The number of carbonyl (C=O) groups excluding carboxylic acids is 1. The predicted molar refractivity (Wildman–Crippen MR) is 185 cm³/mol. The highest BCUT2D eigenvalue weighted by atomic mass is 32.2. The van der Waals surface area contributed by atoms with Crippen LogP contribution in [0.15, 0.2) is 53.4 Å². The van der Waals surface area contributed by atoms with E-state index in [0.29, 0.717) is 57.8 Å². The summed E-state index contributed by atoms with van der Waals surface area (Å²) in [5.41, 5.74) is 0.149. The molecule has 0 radical (unpaired) electrons. The Morgan fingerprint density at radius 2 is 1.83 bits per heavy atom. The van der Waals surface area contributed by atoms with Gasteiger partial charge in [0, 0.05) is 38.0 Å². The molecule has 6 atom stereocenters. The number of hydrogen-bond acceptors (Lipinski definition) is 11. The fraction of sp³-hybridized carbons (Fsp3) is 0.611. The highest BCUT2D eigenvalue weighted by Crippen LogP contribution is 2.38. The zero-order valence-corrected chi connectivity index (χ0v) is 30.4. The van der Waals surface area contributed by atoms with E-state index in [-0.39, 0.29) is 49.0 Å². The quantitative estimate of drug-likeness (QED) is 0.213. The summed E-state index contributed by atoms with van der Waals surface area (Å²) in [6.45, 7) is 5.17. The molecule has 3 N–H and O–H groups in total. The minimum atomic E-state index is -4.27. The third-order valence-corrected chi connectivity index (χ3v) is 11.9. The van der Waals surface area contributed by atoms with Gasteiger partial charge in [0.2, 0.25) is 16.8 Å². The minimum Gasteiger partial charge on any atom is -0.465 e. The predicted octanol–water partition coefficient (Wildman–Crippen LogP) is 3.44. The molecule has 4 aliphatic heterocycles. The van der Waals surface area contributed by atoms with Crippen LogP contribution in [0.4, 0.5) is 9.59 Å². The molecule has 6 rings (SSSR count). The van der Waals surface area contributed by atoms with Gasteiger partial charge in [0.05, 0.1) is 49.5 Å². The lowest BCUT2D eigenvalue weighted by atomic mass is 9.87. The number of ether oxygens (including phenoxy) is 6. The van der Waals surface area contributed by atoms with Crippen LogP contribution >= 0.6 is 0 Å². The lowest BCUT2D eigenvalue weighted by Crippen LogP contribution is -2.58. The third-order valence-electron chi connectivity index (χ3n) is 10.1. The lowest BCUT2D eigenvalue weighted by Gasteiger charge is -2.40. The van der Waals surface area contributed by atoms with Crippen LogP contribution in [0.2, 0.25) is 0 Å². The SMILES string of the molecule is CC(C)(CCCNC(=O)O[C@@H]1CCOC1)CN(C[C@@H](O)[C@H](Cc1ccccc1)N(C(=O)O)[C@H]1CO[C@H]2OCC[C@H]21)S(=O)(=O)c1ccc2c(c1)OCO2. The number of nitrogens with one attached hydrogen (secondary N) is 1. The van der Waals surface area contributed by atoms with Gasteiger partial charge in [-0.2, -0.15) is 4.31 Å². The van der Waals surface area contributed by atoms with Crippen LogP contribution in [0.1, 0.15) is 45.1 Å². The molecule has 0 aliphatic carbocycles. The van der Waals surface area contributed by atoms with Gasteiger partial charge in [-0.3, -0.25) is 4.90 Å². The van der Waals surface area contributed by atoms with Gasteiger partial charge in [0.15, 0.2) is 17.8 Å². The van der Waals surface area contributed by atoms with E-state index >= 15 is 0 Å². The van der Waals surface area contributed by atoms with E-state index in [1.165, 1.54) is 27.4 Å². The average molecular weight is 748 g/mol. The first-order valence-corrected chi connectivity index (χ1v) is 19.2. The van der Waals surface area contributed by atoms with Crippen molar-refractivity contribution in [3.05, 3.63) is 54.1 Å². The number of amides is 2. The number of hydrogen-bond donors (Lipinski definition) is 3. The van der Waals surface area contributed by atoms with Gasteiger partial charge in [0.25, 0.3) is 0 Å². The molecule has 2 amide bonds. The lowest BCUT2D eigenvalue weighted by molar-refractivity contribution is -0.0906. The highest BCUT2D eigenvalue weighted by Gasteiger charge is 2.49. The van der Waals surface area contributed by atoms with Crippen LogP contribution in [-0.4, -0.2) is 123 Å². The maximum Gasteiger partial charge on any atom is 0.407 e. The Morgan fingerprint density at radius 1 is 1.04 bits per heavy atom. The van der Waals surface area contributed by atoms with E-state index in [0.717, 1.165) is 5.56 Å². The number of benzene rings is 2. The summed E-state index contributed by atoms with van der Waals surface area (Å²) < 4.78 is 63.2. The molecule has 4 aliphatic rings. The summed E-state index contributed by atoms with van der Waals surface area (Å²) >= 11 is 0. The van der Waals surface area contributed by atoms with Crippen LogP contribution in [0.3, 0.4) is 0 Å². The average Bonchev–Trinajstić information content (AvgIpc) is 3.93. The van der Waals surface area contributed by atoms with Crippen molar-refractivity contribution in [3.8, 4) is 11.5 Å². The maximum atomic E-state index is 14.5. The number of sulfonamides is 1. The Bertz CT molecular complexity index is 1640. The van der Waals surface area contributed by atoms with E-state index in [1.807, 2.05) is 44.2 Å². The second kappa shape index (κ2) is 16.6. The van der Waals surface area contributed by atoms with E-state index in [4.69, 9.17) is 28.4 Å². The van der Waals surface area contributed by atoms with Crippen molar-refractivity contribution in [2.75, 3.05) is 52.9 Å². The number of fused-ring (bicyclic) bond motifs is 2. The number of nitrogens with zero attached hydrogens (tertiary/aromatic N) is 2. The standard InChI is InChI=1S/C36H49N3O12S/c1-36(2,13-6-14-37-34(41)51-25-11-15-46-20-25)22-38(52(44,45)26-9-10-31-32(18-26)50-23-49-31)19-30(40)28(17-24-7-4-3-5-8-24)39(35(42)43)29-21-48-33-27(29)12-16-47-33/h3-5,7-10,18,25,27-30,33,40H,6,11-17,19-23H2,1-2H3,(H,37,41)(H,42,43)/t25-,27+,28+,29+,30-,33-/m1/s1. The summed E-state index contributed by atoms with van der Waals surface area (Å²) in [4.78, 5) is 26.5. The molecule has 3 saturated heterocycles. The van der Waals surface area contributed by atoms with Crippen LogP contribution in [0.5, 0.6) is 11.5 Å². The Hall–Kier alpha value is -3.67. The van der Waals surface area contributed by atoms with Crippen LogP contribution in [0.25, 0.3) is 0 Å². The van der Waals surface area contributed by atoms with Crippen molar-refractivity contribution in [3.63, 3.8) is 0 Å². The molecule has 4 heterocycles. The van der Waals surface area contributed by atoms with Crippen LogP contribution < -0.4 is 14.8 Å². The fourth-order valence-corrected chi connectivity index (χ4v) is 9.07. The van der Waals surface area contributed by atoms with E-state index in [1.54, 1.807) is 0 Å². The van der Waals surface area contributed by atoms with E-state index < -0.39 is 58.6 Å². The second-order valence-electron chi connectivity index (χ2n) is 14.5. The van der Waals surface area contributed by atoms with Gasteiger partial charge in [-0.05, 0) is 48.8 Å². The van der Waals surface area contributed by atoms with E-state index in [9.17, 15) is 28.2 Å². The highest BCUT2D eigenvalue weighted by molar-refractivity contribution is 7.89. The third kappa shape index (κ3) is 9.09. The first-order valence-electron chi connectivity index (χ1n) is 17.8. The van der Waals surface area contributed by atoms with Crippen molar-refractivity contribution in [1.82, 2.24) is 14.5 Å². The van der Waals surface area contributed by atoms with Crippen molar-refractivity contribution in [2.24, 2.45) is 11.3 Å². The largest absolute Gasteiger partial charge is 0.465 e. The Kier molecular flexibility index (Phi) is 12.1. The van der Waals surface area contributed by atoms with Gasteiger partial charge >= 0.3 is 12.2 Å². The van der Waals surface area contributed by atoms with Crippen molar-refractivity contribution in [2.45, 2.75) is 81.4 Å². The molecule has 2 aromatic carbocycles. The van der Waals surface area contributed by atoms with Gasteiger partial charge in [-0.15, -0.1) is 0 Å². The first-order chi connectivity index (χ1) is 24.9. The summed E-state index contributed by atoms with van der Waals surface area (Å²) in [5.74, 6) is 0.494. The van der Waals surface area contributed by atoms with Crippen molar-refractivity contribution < 1.29 is 56.6 Å². The summed E-state index contributed by atoms with van der Waals surface area (Å²) in [5, 5.41) is 25.5. The molecular formula is C36H49N3O12S. The molecule has 0 bridgehead atoms. The molecule has 3 fully saturated rings. The molecule has 2 aromatic rings. The zero-order chi connectivity index (χ0) is 36.9. The summed E-state index contributed by atoms with van der Waals surface area (Å²) in [6.07, 6.45) is -1.56. The summed E-state index contributed by atoms with van der Waals surface area (Å²) in [6, 6.07) is 12.0. The Balaban J connectivity index is 1.23. The van der Waals surface area contributed by atoms with Crippen molar-refractivity contribution >= 4 is 22.2 Å². The number of carboxylic acid groups (broad SMARTS) is 1. The maximum absolute atomic E-state index is 14.5. The molecular weight excluding hydrogens is 698 g/mol. The number of aliphatic hydroxyl groups is 1. The zero-order valence-electron chi connectivity index (χ0n) is 29.6. The second-order valence-corrected chi connectivity index (χ2v) is 16.4. The molecule has 52 heavy (non-hydrogen) atoms. The van der Waals surface area contributed by atoms with Crippen molar-refractivity contribution in [1.29, 1.82) is 0 Å². The van der Waals surface area contributed by atoms with Gasteiger partial charge in [-0.25, -0.2) is 18.0 Å². The topological polar surface area (TPSA) is 183 Å². The Morgan fingerprint density at radius 3 is 2.58 bits per heavy atom. The number of rotatable bonds is 16. The number of alkyl carbamates (subject to hydrolysis) is 1. The molecule has 0 aromatic heterocycles. The first kappa shape index (κ1) is 38.1. The monoisotopic (exact) mass is 747 g/mol. The van der Waals surface area contributed by atoms with Gasteiger partial charge in [0.1, 0.15) is 6.10 Å². The van der Waals surface area contributed by atoms with Crippen LogP contribution in [-0.2, 0) is 35.4 Å². The smallest absolute Gasteiger partial charge is 0.407 e. The molecule has 15 nitrogen and oxygen atoms in total. The molecule has 0 spiro atoms. The molecule has 0 unspecified atom stereocenters. The number of carbonyl (C=O) groups is 2. The minimum absolute atomic E-state index is 0.0130. The normalized spacial score (nSPS) is 23.7. The molecule has 0 saturated carbocycles.